The van der Waals surface area contributed by atoms with Gasteiger partial charge in [-0.2, -0.15) is 0 Å². The van der Waals surface area contributed by atoms with E-state index in [4.69, 9.17) is 21.1 Å². The molecule has 0 fully saturated rings. The van der Waals surface area contributed by atoms with Gasteiger partial charge in [-0.1, -0.05) is 41.9 Å². The third kappa shape index (κ3) is 6.88. The van der Waals surface area contributed by atoms with E-state index < -0.39 is 10.0 Å². The van der Waals surface area contributed by atoms with Crippen molar-refractivity contribution >= 4 is 33.2 Å². The Kier molecular flexibility index (Phi) is 8.41. The maximum atomic E-state index is 12.4. The minimum absolute atomic E-state index is 0.166. The van der Waals surface area contributed by atoms with Crippen molar-refractivity contribution in [1.82, 2.24) is 5.32 Å². The highest BCUT2D eigenvalue weighted by Crippen LogP contribution is 2.25. The molecule has 0 aromatic heterocycles. The SMILES string of the molecule is COc1ccccc1C(C)NC(=O)COc1ccc(N(Cc2ccc(Cl)cc2)S(C)(=O)=O)cc1. The lowest BCUT2D eigenvalue weighted by atomic mass is 10.1. The van der Waals surface area contributed by atoms with Crippen LogP contribution in [-0.4, -0.2) is 34.3 Å². The van der Waals surface area contributed by atoms with Gasteiger partial charge in [-0.25, -0.2) is 8.42 Å². The molecule has 0 saturated heterocycles. The Balaban J connectivity index is 1.61. The molecule has 0 saturated carbocycles. The number of amides is 1. The van der Waals surface area contributed by atoms with Gasteiger partial charge >= 0.3 is 0 Å². The lowest BCUT2D eigenvalue weighted by Crippen LogP contribution is -2.31. The Morgan fingerprint density at radius 2 is 1.68 bits per heavy atom. The average molecular weight is 503 g/mol. The first kappa shape index (κ1) is 25.4. The fraction of sp³-hybridized carbons (Fsp3) is 0.240. The molecule has 0 heterocycles. The maximum Gasteiger partial charge on any atom is 0.258 e. The van der Waals surface area contributed by atoms with Crippen LogP contribution in [0, 0.1) is 0 Å². The highest BCUT2D eigenvalue weighted by Gasteiger charge is 2.18. The molecule has 3 aromatic carbocycles. The first-order chi connectivity index (χ1) is 16.2. The second-order valence-corrected chi connectivity index (χ2v) is 10.1. The number of sulfonamides is 1. The number of nitrogens with zero attached hydrogens (tertiary/aromatic N) is 1. The summed E-state index contributed by atoms with van der Waals surface area (Å²) in [5.41, 5.74) is 2.15. The van der Waals surface area contributed by atoms with Gasteiger partial charge < -0.3 is 14.8 Å². The summed E-state index contributed by atoms with van der Waals surface area (Å²) in [4.78, 5) is 12.4. The third-order valence-corrected chi connectivity index (χ3v) is 6.51. The van der Waals surface area contributed by atoms with Gasteiger partial charge in [0.2, 0.25) is 10.0 Å². The molecule has 0 spiro atoms. The van der Waals surface area contributed by atoms with Crippen LogP contribution in [0.3, 0.4) is 0 Å². The fourth-order valence-corrected chi connectivity index (χ4v) is 4.41. The summed E-state index contributed by atoms with van der Waals surface area (Å²) >= 11 is 5.92. The molecular formula is C25H27ClN2O5S. The zero-order valence-corrected chi connectivity index (χ0v) is 20.8. The van der Waals surface area contributed by atoms with Crippen LogP contribution in [0.15, 0.2) is 72.8 Å². The molecule has 0 radical (unpaired) electrons. The predicted molar refractivity (Wildman–Crippen MR) is 134 cm³/mol. The number of carbonyl (C=O) groups excluding carboxylic acids is 1. The number of methoxy groups -OCH3 is 1. The summed E-state index contributed by atoms with van der Waals surface area (Å²) in [5.74, 6) is 0.854. The molecule has 0 aliphatic carbocycles. The van der Waals surface area contributed by atoms with E-state index in [0.717, 1.165) is 17.4 Å². The number of hydrogen-bond acceptors (Lipinski definition) is 5. The van der Waals surface area contributed by atoms with E-state index in [0.29, 0.717) is 22.2 Å². The highest BCUT2D eigenvalue weighted by molar-refractivity contribution is 7.92. The topological polar surface area (TPSA) is 84.9 Å². The van der Waals surface area contributed by atoms with E-state index in [1.165, 1.54) is 4.31 Å². The van der Waals surface area contributed by atoms with Crippen molar-refractivity contribution in [2.45, 2.75) is 19.5 Å². The van der Waals surface area contributed by atoms with Gasteiger partial charge in [0.25, 0.3) is 5.91 Å². The highest BCUT2D eigenvalue weighted by atomic mass is 35.5. The summed E-state index contributed by atoms with van der Waals surface area (Å²) in [6.45, 7) is 1.85. The van der Waals surface area contributed by atoms with Crippen molar-refractivity contribution in [2.75, 3.05) is 24.3 Å². The van der Waals surface area contributed by atoms with E-state index >= 15 is 0 Å². The van der Waals surface area contributed by atoms with Crippen molar-refractivity contribution in [2.24, 2.45) is 0 Å². The van der Waals surface area contributed by atoms with Gasteiger partial charge in [0, 0.05) is 10.6 Å². The molecular weight excluding hydrogens is 476 g/mol. The van der Waals surface area contributed by atoms with Gasteiger partial charge in [-0.05, 0) is 55.0 Å². The zero-order valence-electron chi connectivity index (χ0n) is 19.2. The number of benzene rings is 3. The quantitative estimate of drug-likeness (QED) is 0.439. The fourth-order valence-electron chi connectivity index (χ4n) is 3.40. The van der Waals surface area contributed by atoms with Crippen LogP contribution in [0.25, 0.3) is 0 Å². The van der Waals surface area contributed by atoms with Crippen LogP contribution >= 0.6 is 11.6 Å². The minimum atomic E-state index is -3.53. The molecule has 0 bridgehead atoms. The van der Waals surface area contributed by atoms with Crippen LogP contribution < -0.4 is 19.1 Å². The van der Waals surface area contributed by atoms with E-state index in [-0.39, 0.29) is 25.1 Å². The molecule has 0 aliphatic heterocycles. The standard InChI is InChI=1S/C25H27ClN2O5S/c1-18(23-6-4-5-7-24(23)32-2)27-25(29)17-33-22-14-12-21(13-15-22)28(34(3,30)31)16-19-8-10-20(26)11-9-19/h4-15,18H,16-17H2,1-3H3,(H,27,29). The summed E-state index contributed by atoms with van der Waals surface area (Å²) in [6.07, 6.45) is 1.15. The molecule has 3 aromatic rings. The number of rotatable bonds is 10. The molecule has 1 atom stereocenters. The first-order valence-corrected chi connectivity index (χ1v) is 12.8. The lowest BCUT2D eigenvalue weighted by Gasteiger charge is -2.23. The summed E-state index contributed by atoms with van der Waals surface area (Å²) in [7, 11) is -1.94. The number of carbonyl (C=O) groups is 1. The number of halogens is 1. The van der Waals surface area contributed by atoms with Crippen molar-refractivity contribution in [3.63, 3.8) is 0 Å². The number of hydrogen-bond donors (Lipinski definition) is 1. The van der Waals surface area contributed by atoms with E-state index in [2.05, 4.69) is 5.32 Å². The Labute approximate surface area is 205 Å². The third-order valence-electron chi connectivity index (χ3n) is 5.12. The van der Waals surface area contributed by atoms with Crippen molar-refractivity contribution in [1.29, 1.82) is 0 Å². The van der Waals surface area contributed by atoms with Gasteiger partial charge in [-0.15, -0.1) is 0 Å². The maximum absolute atomic E-state index is 12.4. The normalized spacial score (nSPS) is 12.0. The Bertz CT molecular complexity index is 1210. The molecule has 1 N–H and O–H groups in total. The number of para-hydroxylation sites is 1. The van der Waals surface area contributed by atoms with Crippen molar-refractivity contribution in [3.05, 3.63) is 88.9 Å². The molecule has 1 unspecified atom stereocenters. The van der Waals surface area contributed by atoms with E-state index in [1.807, 2.05) is 31.2 Å². The molecule has 0 aliphatic rings. The second-order valence-electron chi connectivity index (χ2n) is 7.71. The number of anilines is 1. The monoisotopic (exact) mass is 502 g/mol. The average Bonchev–Trinajstić information content (AvgIpc) is 2.82. The Morgan fingerprint density at radius 3 is 2.29 bits per heavy atom. The molecule has 34 heavy (non-hydrogen) atoms. The molecule has 9 heteroatoms. The van der Waals surface area contributed by atoms with Crippen LogP contribution in [0.2, 0.25) is 5.02 Å². The Morgan fingerprint density at radius 1 is 1.03 bits per heavy atom. The minimum Gasteiger partial charge on any atom is -0.496 e. The number of nitrogens with one attached hydrogen (secondary N) is 1. The zero-order chi connectivity index (χ0) is 24.7. The van der Waals surface area contributed by atoms with E-state index in [1.54, 1.807) is 55.6 Å². The number of ether oxygens (including phenoxy) is 2. The van der Waals surface area contributed by atoms with Crippen LogP contribution in [0.1, 0.15) is 24.1 Å². The van der Waals surface area contributed by atoms with Crippen LogP contribution in [0.5, 0.6) is 11.5 Å². The van der Waals surface area contributed by atoms with Gasteiger partial charge in [-0.3, -0.25) is 9.10 Å². The predicted octanol–water partition coefficient (Wildman–Crippen LogP) is 4.57. The van der Waals surface area contributed by atoms with E-state index in [9.17, 15) is 13.2 Å². The van der Waals surface area contributed by atoms with Crippen molar-refractivity contribution < 1.29 is 22.7 Å². The smallest absolute Gasteiger partial charge is 0.258 e. The summed E-state index contributed by atoms with van der Waals surface area (Å²) in [5, 5.41) is 3.46. The molecule has 3 rings (SSSR count). The van der Waals surface area contributed by atoms with Crippen molar-refractivity contribution in [3.8, 4) is 11.5 Å². The first-order valence-electron chi connectivity index (χ1n) is 10.5. The molecule has 180 valence electrons. The second kappa shape index (κ2) is 11.3. The Hall–Kier alpha value is -3.23. The van der Waals surface area contributed by atoms with Crippen LogP contribution in [0.4, 0.5) is 5.69 Å². The van der Waals surface area contributed by atoms with Gasteiger partial charge in [0.1, 0.15) is 11.5 Å². The van der Waals surface area contributed by atoms with Gasteiger partial charge in [0.15, 0.2) is 6.61 Å². The summed E-state index contributed by atoms with van der Waals surface area (Å²) in [6, 6.07) is 20.7. The molecule has 7 nitrogen and oxygen atoms in total. The van der Waals surface area contributed by atoms with Crippen LogP contribution in [-0.2, 0) is 21.4 Å². The largest absolute Gasteiger partial charge is 0.496 e. The van der Waals surface area contributed by atoms with Gasteiger partial charge in [0.05, 0.1) is 31.6 Å². The molecule has 1 amide bonds. The summed E-state index contributed by atoms with van der Waals surface area (Å²) < 4.78 is 37.0. The lowest BCUT2D eigenvalue weighted by molar-refractivity contribution is -0.123.